The molecule has 0 saturated heterocycles. The number of ether oxygens (including phenoxy) is 1. The number of amides is 1. The minimum atomic E-state index is -0.542. The van der Waals surface area contributed by atoms with Gasteiger partial charge in [-0.3, -0.25) is 14.6 Å². The van der Waals surface area contributed by atoms with Crippen LogP contribution in [0.3, 0.4) is 0 Å². The van der Waals surface area contributed by atoms with E-state index in [1.54, 1.807) is 37.6 Å². The number of imidazole rings is 1. The van der Waals surface area contributed by atoms with Gasteiger partial charge in [-0.1, -0.05) is 6.07 Å². The number of benzene rings is 1. The Morgan fingerprint density at radius 1 is 1.18 bits per heavy atom. The third kappa shape index (κ3) is 3.45. The van der Waals surface area contributed by atoms with Crippen molar-refractivity contribution in [3.05, 3.63) is 70.5 Å². The lowest BCUT2D eigenvalue weighted by Crippen LogP contribution is -2.30. The SMILES string of the molecule is COc1ccc2nc(CNC(=O)c3cnc(-c4ccccn4)[nH]c3=O)[nH]c2c1. The van der Waals surface area contributed by atoms with Crippen LogP contribution in [0.2, 0.25) is 0 Å². The predicted molar refractivity (Wildman–Crippen MR) is 102 cm³/mol. The zero-order valence-electron chi connectivity index (χ0n) is 14.9. The molecular weight excluding hydrogens is 360 g/mol. The molecule has 140 valence electrons. The van der Waals surface area contributed by atoms with Crippen molar-refractivity contribution in [1.29, 1.82) is 0 Å². The topological polar surface area (TPSA) is 126 Å². The Hall–Kier alpha value is -4.01. The molecule has 0 bridgehead atoms. The van der Waals surface area contributed by atoms with E-state index in [1.165, 1.54) is 6.20 Å². The van der Waals surface area contributed by atoms with Crippen molar-refractivity contribution in [3.63, 3.8) is 0 Å². The second-order valence-electron chi connectivity index (χ2n) is 5.94. The molecule has 0 radical (unpaired) electrons. The van der Waals surface area contributed by atoms with E-state index in [0.717, 1.165) is 11.0 Å². The second-order valence-corrected chi connectivity index (χ2v) is 5.94. The van der Waals surface area contributed by atoms with E-state index in [9.17, 15) is 9.59 Å². The van der Waals surface area contributed by atoms with E-state index < -0.39 is 11.5 Å². The summed E-state index contributed by atoms with van der Waals surface area (Å²) in [6, 6.07) is 10.7. The minimum absolute atomic E-state index is 0.0857. The number of hydrogen-bond donors (Lipinski definition) is 3. The first-order valence-electron chi connectivity index (χ1n) is 8.45. The number of nitrogens with one attached hydrogen (secondary N) is 3. The average Bonchev–Trinajstić information content (AvgIpc) is 3.14. The van der Waals surface area contributed by atoms with Crippen molar-refractivity contribution in [3.8, 4) is 17.3 Å². The number of pyridine rings is 1. The summed E-state index contributed by atoms with van der Waals surface area (Å²) in [6.45, 7) is 0.136. The summed E-state index contributed by atoms with van der Waals surface area (Å²) in [4.78, 5) is 42.9. The number of methoxy groups -OCH3 is 1. The number of rotatable bonds is 5. The van der Waals surface area contributed by atoms with Crippen LogP contribution in [0.15, 0.2) is 53.6 Å². The summed E-state index contributed by atoms with van der Waals surface area (Å²) >= 11 is 0. The molecule has 0 aliphatic rings. The molecular formula is C19H16N6O3. The lowest BCUT2D eigenvalue weighted by atomic mass is 10.3. The molecule has 3 heterocycles. The van der Waals surface area contributed by atoms with Gasteiger partial charge in [-0.05, 0) is 24.3 Å². The summed E-state index contributed by atoms with van der Waals surface area (Å²) in [5.41, 5.74) is 1.44. The summed E-state index contributed by atoms with van der Waals surface area (Å²) in [5, 5.41) is 2.67. The van der Waals surface area contributed by atoms with E-state index in [-0.39, 0.29) is 12.1 Å². The fourth-order valence-electron chi connectivity index (χ4n) is 2.70. The molecule has 0 aliphatic heterocycles. The third-order valence-corrected chi connectivity index (χ3v) is 4.11. The smallest absolute Gasteiger partial charge is 0.264 e. The summed E-state index contributed by atoms with van der Waals surface area (Å²) < 4.78 is 5.18. The maximum atomic E-state index is 12.4. The van der Waals surface area contributed by atoms with E-state index >= 15 is 0 Å². The zero-order valence-corrected chi connectivity index (χ0v) is 14.9. The number of fused-ring (bicyclic) bond motifs is 1. The van der Waals surface area contributed by atoms with Crippen LogP contribution in [0.4, 0.5) is 0 Å². The highest BCUT2D eigenvalue weighted by molar-refractivity contribution is 5.93. The lowest BCUT2D eigenvalue weighted by molar-refractivity contribution is 0.0948. The highest BCUT2D eigenvalue weighted by Gasteiger charge is 2.14. The number of aromatic nitrogens is 5. The quantitative estimate of drug-likeness (QED) is 0.486. The Kier molecular flexibility index (Phi) is 4.55. The van der Waals surface area contributed by atoms with E-state index in [4.69, 9.17) is 4.74 Å². The normalized spacial score (nSPS) is 10.8. The van der Waals surface area contributed by atoms with Gasteiger partial charge >= 0.3 is 0 Å². The fraction of sp³-hybridized carbons (Fsp3) is 0.105. The number of carbonyl (C=O) groups is 1. The molecule has 3 N–H and O–H groups in total. The molecule has 28 heavy (non-hydrogen) atoms. The highest BCUT2D eigenvalue weighted by atomic mass is 16.5. The molecule has 1 amide bonds. The molecule has 0 unspecified atom stereocenters. The van der Waals surface area contributed by atoms with Crippen LogP contribution in [-0.2, 0) is 6.54 Å². The maximum absolute atomic E-state index is 12.4. The zero-order chi connectivity index (χ0) is 19.5. The molecule has 4 rings (SSSR count). The van der Waals surface area contributed by atoms with Crippen LogP contribution in [0.25, 0.3) is 22.6 Å². The van der Waals surface area contributed by atoms with Crippen molar-refractivity contribution in [2.45, 2.75) is 6.54 Å². The lowest BCUT2D eigenvalue weighted by Gasteiger charge is -2.04. The first kappa shape index (κ1) is 17.4. The van der Waals surface area contributed by atoms with Crippen molar-refractivity contribution >= 4 is 16.9 Å². The molecule has 0 spiro atoms. The van der Waals surface area contributed by atoms with E-state index in [1.807, 2.05) is 12.1 Å². The number of nitrogens with zero attached hydrogens (tertiary/aromatic N) is 3. The Morgan fingerprint density at radius 2 is 2.07 bits per heavy atom. The van der Waals surface area contributed by atoms with Gasteiger partial charge in [0.1, 0.15) is 22.8 Å². The average molecular weight is 376 g/mol. The number of aromatic amines is 2. The van der Waals surface area contributed by atoms with Crippen LogP contribution in [0.1, 0.15) is 16.2 Å². The van der Waals surface area contributed by atoms with E-state index in [0.29, 0.717) is 23.1 Å². The molecule has 0 fully saturated rings. The predicted octanol–water partition coefficient (Wildman–Crippen LogP) is 1.65. The van der Waals surface area contributed by atoms with Gasteiger partial charge in [-0.15, -0.1) is 0 Å². The molecule has 9 nitrogen and oxygen atoms in total. The molecule has 0 atom stereocenters. The van der Waals surface area contributed by atoms with Gasteiger partial charge in [-0.2, -0.15) is 0 Å². The van der Waals surface area contributed by atoms with Gasteiger partial charge in [0.2, 0.25) is 0 Å². The number of H-pyrrole nitrogens is 2. The van der Waals surface area contributed by atoms with E-state index in [2.05, 4.69) is 30.2 Å². The second kappa shape index (κ2) is 7.31. The van der Waals surface area contributed by atoms with Gasteiger partial charge in [0.05, 0.1) is 24.7 Å². The molecule has 3 aromatic heterocycles. The van der Waals surface area contributed by atoms with Crippen LogP contribution in [-0.4, -0.2) is 37.9 Å². The van der Waals surface area contributed by atoms with Crippen molar-refractivity contribution in [2.24, 2.45) is 0 Å². The first-order chi connectivity index (χ1) is 13.6. The van der Waals surface area contributed by atoms with Gasteiger partial charge in [-0.25, -0.2) is 9.97 Å². The van der Waals surface area contributed by atoms with Crippen molar-refractivity contribution < 1.29 is 9.53 Å². The monoisotopic (exact) mass is 376 g/mol. The van der Waals surface area contributed by atoms with Crippen molar-refractivity contribution in [1.82, 2.24) is 30.2 Å². The van der Waals surface area contributed by atoms with Crippen LogP contribution >= 0.6 is 0 Å². The molecule has 0 saturated carbocycles. The van der Waals surface area contributed by atoms with Gasteiger partial charge in [0.25, 0.3) is 11.5 Å². The van der Waals surface area contributed by atoms with Crippen LogP contribution < -0.4 is 15.6 Å². The van der Waals surface area contributed by atoms with Crippen molar-refractivity contribution in [2.75, 3.05) is 7.11 Å². The highest BCUT2D eigenvalue weighted by Crippen LogP contribution is 2.18. The number of hydrogen-bond acceptors (Lipinski definition) is 6. The molecule has 0 aliphatic carbocycles. The standard InChI is InChI=1S/C19H16N6O3/c1-28-11-5-6-13-15(8-11)24-16(23-13)10-22-18(26)12-9-21-17(25-19(12)27)14-4-2-3-7-20-14/h2-9H,10H2,1H3,(H,22,26)(H,23,24)(H,21,25,27). The molecule has 1 aromatic carbocycles. The minimum Gasteiger partial charge on any atom is -0.497 e. The largest absolute Gasteiger partial charge is 0.497 e. The summed E-state index contributed by atoms with van der Waals surface area (Å²) in [5.74, 6) is 1.02. The fourth-order valence-corrected chi connectivity index (χ4v) is 2.70. The number of carbonyl (C=O) groups excluding carboxylic acids is 1. The Balaban J connectivity index is 1.49. The van der Waals surface area contributed by atoms with Crippen LogP contribution in [0.5, 0.6) is 5.75 Å². The molecule has 9 heteroatoms. The first-order valence-corrected chi connectivity index (χ1v) is 8.45. The summed E-state index contributed by atoms with van der Waals surface area (Å²) in [7, 11) is 1.59. The summed E-state index contributed by atoms with van der Waals surface area (Å²) in [6.07, 6.45) is 2.83. The molecule has 4 aromatic rings. The Morgan fingerprint density at radius 3 is 2.82 bits per heavy atom. The Bertz CT molecular complexity index is 1200. The maximum Gasteiger partial charge on any atom is 0.264 e. The van der Waals surface area contributed by atoms with Gasteiger partial charge in [0, 0.05) is 18.5 Å². The van der Waals surface area contributed by atoms with Gasteiger partial charge in [0.15, 0.2) is 5.82 Å². The van der Waals surface area contributed by atoms with Gasteiger partial charge < -0.3 is 20.0 Å². The Labute approximate surface area is 158 Å². The third-order valence-electron chi connectivity index (χ3n) is 4.11. The van der Waals surface area contributed by atoms with Crippen LogP contribution in [0, 0.1) is 0 Å².